The topological polar surface area (TPSA) is 23.5 Å². The minimum atomic E-state index is -0.194. The Hall–Kier alpha value is -0.0800. The van der Waals surface area contributed by atoms with Crippen molar-refractivity contribution in [2.45, 2.75) is 58.1 Å². The van der Waals surface area contributed by atoms with Crippen molar-refractivity contribution in [3.63, 3.8) is 0 Å². The fourth-order valence-electron chi connectivity index (χ4n) is 2.89. The van der Waals surface area contributed by atoms with Gasteiger partial charge in [-0.15, -0.1) is 0 Å². The van der Waals surface area contributed by atoms with Crippen molar-refractivity contribution >= 4 is 0 Å². The molecule has 1 rings (SSSR count). The van der Waals surface area contributed by atoms with Crippen molar-refractivity contribution in [3.05, 3.63) is 0 Å². The van der Waals surface area contributed by atoms with Crippen molar-refractivity contribution in [1.82, 2.24) is 4.90 Å². The Labute approximate surface area is 94.7 Å². The minimum absolute atomic E-state index is 0.0284. The van der Waals surface area contributed by atoms with E-state index in [0.29, 0.717) is 5.92 Å². The van der Waals surface area contributed by atoms with E-state index in [0.717, 1.165) is 18.8 Å². The highest BCUT2D eigenvalue weighted by Gasteiger charge is 2.43. The highest BCUT2D eigenvalue weighted by atomic mass is 16.3. The molecule has 0 aliphatic heterocycles. The Kier molecular flexibility index (Phi) is 4.19. The highest BCUT2D eigenvalue weighted by Crippen LogP contribution is 2.39. The SMILES string of the molecule is CC1CCC(C(O)C(C)C)(N(C)C)CC1. The molecule has 90 valence electrons. The zero-order valence-corrected chi connectivity index (χ0v) is 11.0. The molecule has 0 aromatic carbocycles. The molecule has 0 saturated heterocycles. The second-order valence-corrected chi connectivity index (χ2v) is 5.87. The van der Waals surface area contributed by atoms with Gasteiger partial charge in [0.15, 0.2) is 0 Å². The molecule has 1 atom stereocenters. The molecule has 1 N–H and O–H groups in total. The van der Waals surface area contributed by atoms with E-state index in [1.54, 1.807) is 0 Å². The van der Waals surface area contributed by atoms with E-state index in [2.05, 4.69) is 39.8 Å². The summed E-state index contributed by atoms with van der Waals surface area (Å²) in [5.74, 6) is 1.18. The van der Waals surface area contributed by atoms with Gasteiger partial charge in [0.2, 0.25) is 0 Å². The first kappa shape index (κ1) is 13.0. The molecular weight excluding hydrogens is 186 g/mol. The van der Waals surface area contributed by atoms with Crippen LogP contribution in [0.15, 0.2) is 0 Å². The molecule has 1 fully saturated rings. The Morgan fingerprint density at radius 2 is 1.67 bits per heavy atom. The summed E-state index contributed by atoms with van der Waals surface area (Å²) in [6, 6.07) is 0. The Morgan fingerprint density at radius 1 is 1.20 bits per heavy atom. The Balaban J connectivity index is 2.80. The standard InChI is InChI=1S/C13H27NO/c1-10(2)12(15)13(14(4)5)8-6-11(3)7-9-13/h10-12,15H,6-9H2,1-5H3. The zero-order valence-electron chi connectivity index (χ0n) is 11.0. The molecule has 1 aliphatic rings. The van der Waals surface area contributed by atoms with Gasteiger partial charge in [0.1, 0.15) is 0 Å². The van der Waals surface area contributed by atoms with Crippen LogP contribution in [0.4, 0.5) is 0 Å². The zero-order chi connectivity index (χ0) is 11.6. The van der Waals surface area contributed by atoms with E-state index in [1.165, 1.54) is 12.8 Å². The van der Waals surface area contributed by atoms with E-state index in [4.69, 9.17) is 0 Å². The second-order valence-electron chi connectivity index (χ2n) is 5.87. The Morgan fingerprint density at radius 3 is 2.00 bits per heavy atom. The number of aliphatic hydroxyl groups excluding tert-OH is 1. The molecular formula is C13H27NO. The van der Waals surface area contributed by atoms with Crippen LogP contribution in [-0.4, -0.2) is 35.7 Å². The van der Waals surface area contributed by atoms with Gasteiger partial charge in [0.05, 0.1) is 6.10 Å². The molecule has 0 heterocycles. The molecule has 2 nitrogen and oxygen atoms in total. The quantitative estimate of drug-likeness (QED) is 0.778. The average Bonchev–Trinajstić information content (AvgIpc) is 2.17. The third-order valence-corrected chi connectivity index (χ3v) is 4.21. The van der Waals surface area contributed by atoms with E-state index in [-0.39, 0.29) is 11.6 Å². The molecule has 0 bridgehead atoms. The fourth-order valence-corrected chi connectivity index (χ4v) is 2.89. The van der Waals surface area contributed by atoms with Crippen LogP contribution in [0.1, 0.15) is 46.5 Å². The smallest absolute Gasteiger partial charge is 0.0746 e. The molecule has 1 aliphatic carbocycles. The summed E-state index contributed by atoms with van der Waals surface area (Å²) in [4.78, 5) is 2.25. The summed E-state index contributed by atoms with van der Waals surface area (Å²) in [6.07, 6.45) is 4.59. The number of aliphatic hydroxyl groups is 1. The molecule has 0 radical (unpaired) electrons. The van der Waals surface area contributed by atoms with Gasteiger partial charge in [-0.1, -0.05) is 20.8 Å². The third kappa shape index (κ3) is 2.54. The molecule has 0 aromatic heterocycles. The van der Waals surface area contributed by atoms with Crippen molar-refractivity contribution in [3.8, 4) is 0 Å². The van der Waals surface area contributed by atoms with Crippen LogP contribution in [0.25, 0.3) is 0 Å². The molecule has 2 heteroatoms. The van der Waals surface area contributed by atoms with Crippen molar-refractivity contribution in [1.29, 1.82) is 0 Å². The largest absolute Gasteiger partial charge is 0.391 e. The fraction of sp³-hybridized carbons (Fsp3) is 1.00. The van der Waals surface area contributed by atoms with Crippen molar-refractivity contribution < 1.29 is 5.11 Å². The van der Waals surface area contributed by atoms with Gasteiger partial charge < -0.3 is 10.0 Å². The molecule has 15 heavy (non-hydrogen) atoms. The van der Waals surface area contributed by atoms with Crippen LogP contribution in [0.5, 0.6) is 0 Å². The maximum absolute atomic E-state index is 10.4. The lowest BCUT2D eigenvalue weighted by atomic mass is 9.70. The Bertz CT molecular complexity index is 193. The molecule has 1 saturated carbocycles. The lowest BCUT2D eigenvalue weighted by molar-refractivity contribution is -0.0607. The van der Waals surface area contributed by atoms with Crippen LogP contribution in [0, 0.1) is 11.8 Å². The lowest BCUT2D eigenvalue weighted by Crippen LogP contribution is -2.57. The monoisotopic (exact) mass is 213 g/mol. The van der Waals surface area contributed by atoms with Crippen LogP contribution in [-0.2, 0) is 0 Å². The lowest BCUT2D eigenvalue weighted by Gasteiger charge is -2.49. The number of nitrogens with zero attached hydrogens (tertiary/aromatic N) is 1. The summed E-state index contributed by atoms with van der Waals surface area (Å²) >= 11 is 0. The van der Waals surface area contributed by atoms with Gasteiger partial charge in [-0.3, -0.25) is 0 Å². The summed E-state index contributed by atoms with van der Waals surface area (Å²) < 4.78 is 0. The second kappa shape index (κ2) is 4.84. The van der Waals surface area contributed by atoms with E-state index in [1.807, 2.05) is 0 Å². The number of hydrogen-bond acceptors (Lipinski definition) is 2. The van der Waals surface area contributed by atoms with Crippen molar-refractivity contribution in [2.24, 2.45) is 11.8 Å². The molecule has 0 amide bonds. The number of rotatable bonds is 3. The summed E-state index contributed by atoms with van der Waals surface area (Å²) in [6.45, 7) is 6.56. The van der Waals surface area contributed by atoms with Gasteiger partial charge >= 0.3 is 0 Å². The normalized spacial score (nSPS) is 34.8. The molecule has 0 aromatic rings. The predicted molar refractivity (Wildman–Crippen MR) is 64.9 cm³/mol. The number of likely N-dealkylation sites (N-methyl/N-ethyl adjacent to an activating group) is 1. The first-order valence-corrected chi connectivity index (χ1v) is 6.25. The first-order chi connectivity index (χ1) is 6.90. The average molecular weight is 213 g/mol. The molecule has 1 unspecified atom stereocenters. The van der Waals surface area contributed by atoms with E-state index in [9.17, 15) is 5.11 Å². The van der Waals surface area contributed by atoms with Gasteiger partial charge in [0, 0.05) is 5.54 Å². The predicted octanol–water partition coefficient (Wildman–Crippen LogP) is 2.51. The molecule has 0 spiro atoms. The van der Waals surface area contributed by atoms with Crippen LogP contribution >= 0.6 is 0 Å². The third-order valence-electron chi connectivity index (χ3n) is 4.21. The van der Waals surface area contributed by atoms with Crippen LogP contribution in [0.3, 0.4) is 0 Å². The van der Waals surface area contributed by atoms with E-state index >= 15 is 0 Å². The highest BCUT2D eigenvalue weighted by molar-refractivity contribution is 4.98. The van der Waals surface area contributed by atoms with Gasteiger partial charge in [-0.2, -0.15) is 0 Å². The van der Waals surface area contributed by atoms with E-state index < -0.39 is 0 Å². The van der Waals surface area contributed by atoms with Gasteiger partial charge in [0.25, 0.3) is 0 Å². The number of hydrogen-bond donors (Lipinski definition) is 1. The minimum Gasteiger partial charge on any atom is -0.391 e. The maximum Gasteiger partial charge on any atom is 0.0746 e. The summed E-state index contributed by atoms with van der Waals surface area (Å²) in [5.41, 5.74) is 0.0284. The van der Waals surface area contributed by atoms with Crippen LogP contribution in [0.2, 0.25) is 0 Å². The summed E-state index contributed by atoms with van der Waals surface area (Å²) in [7, 11) is 4.23. The summed E-state index contributed by atoms with van der Waals surface area (Å²) in [5, 5.41) is 10.4. The van der Waals surface area contributed by atoms with Gasteiger partial charge in [-0.25, -0.2) is 0 Å². The van der Waals surface area contributed by atoms with Gasteiger partial charge in [-0.05, 0) is 51.6 Å². The maximum atomic E-state index is 10.4. The first-order valence-electron chi connectivity index (χ1n) is 6.25. The van der Waals surface area contributed by atoms with Crippen molar-refractivity contribution in [2.75, 3.05) is 14.1 Å². The van der Waals surface area contributed by atoms with Crippen LogP contribution < -0.4 is 0 Å².